The number of carbonyl (C=O) groups is 2. The van der Waals surface area contributed by atoms with Crippen LogP contribution in [0.2, 0.25) is 0 Å². The molecule has 2 N–H and O–H groups in total. The largest absolute Gasteiger partial charge is 0.326 e. The fraction of sp³-hybridized carbons (Fsp3) is 0.0625. The van der Waals surface area contributed by atoms with Crippen molar-refractivity contribution in [3.8, 4) is 0 Å². The molecule has 0 saturated heterocycles. The summed E-state index contributed by atoms with van der Waals surface area (Å²) in [6, 6.07) is 6.97. The summed E-state index contributed by atoms with van der Waals surface area (Å²) < 4.78 is 1.91. The highest BCUT2D eigenvalue weighted by atomic mass is 32.1. The Hall–Kier alpha value is -2.93. The zero-order valence-electron chi connectivity index (χ0n) is 12.3. The van der Waals surface area contributed by atoms with Crippen molar-refractivity contribution in [3.05, 3.63) is 53.8 Å². The van der Waals surface area contributed by atoms with E-state index in [1.54, 1.807) is 36.5 Å². The second kappa shape index (κ2) is 6.45. The van der Waals surface area contributed by atoms with E-state index in [1.807, 2.05) is 16.0 Å². The molecule has 0 atom stereocenters. The van der Waals surface area contributed by atoms with Gasteiger partial charge in [0.05, 0.1) is 11.9 Å². The van der Waals surface area contributed by atoms with Crippen LogP contribution >= 0.6 is 11.3 Å². The predicted octanol–water partition coefficient (Wildman–Crippen LogP) is 3.01. The lowest BCUT2D eigenvalue weighted by atomic mass is 10.2. The first-order valence-corrected chi connectivity index (χ1v) is 7.77. The Kier molecular flexibility index (Phi) is 4.20. The maximum Gasteiger partial charge on any atom is 0.248 e. The van der Waals surface area contributed by atoms with E-state index in [-0.39, 0.29) is 11.8 Å². The van der Waals surface area contributed by atoms with Gasteiger partial charge in [-0.3, -0.25) is 14.0 Å². The summed E-state index contributed by atoms with van der Waals surface area (Å²) in [6.07, 6.45) is 6.78. The van der Waals surface area contributed by atoms with Crippen LogP contribution in [0.4, 0.5) is 11.4 Å². The highest BCUT2D eigenvalue weighted by Crippen LogP contribution is 2.16. The first kappa shape index (κ1) is 15.0. The van der Waals surface area contributed by atoms with Gasteiger partial charge in [0.15, 0.2) is 4.96 Å². The molecule has 0 aliphatic carbocycles. The number of anilines is 2. The van der Waals surface area contributed by atoms with E-state index in [0.29, 0.717) is 11.4 Å². The normalized spacial score (nSPS) is 11.0. The van der Waals surface area contributed by atoms with Gasteiger partial charge in [-0.25, -0.2) is 4.98 Å². The number of imidazole rings is 1. The van der Waals surface area contributed by atoms with Crippen LogP contribution < -0.4 is 10.6 Å². The molecule has 1 aromatic carbocycles. The molecule has 3 rings (SSSR count). The number of rotatable bonds is 4. The highest BCUT2D eigenvalue weighted by molar-refractivity contribution is 7.15. The van der Waals surface area contributed by atoms with Gasteiger partial charge in [-0.15, -0.1) is 11.3 Å². The van der Waals surface area contributed by atoms with Gasteiger partial charge in [-0.1, -0.05) is 6.07 Å². The van der Waals surface area contributed by atoms with Gasteiger partial charge >= 0.3 is 0 Å². The maximum atomic E-state index is 12.0. The molecular formula is C16H14N4O2S. The Labute approximate surface area is 136 Å². The minimum Gasteiger partial charge on any atom is -0.326 e. The number of thiazole rings is 1. The predicted molar refractivity (Wildman–Crippen MR) is 91.5 cm³/mol. The number of nitrogens with one attached hydrogen (secondary N) is 2. The summed E-state index contributed by atoms with van der Waals surface area (Å²) in [5.41, 5.74) is 2.08. The Balaban J connectivity index is 1.68. The van der Waals surface area contributed by atoms with Gasteiger partial charge < -0.3 is 10.6 Å². The topological polar surface area (TPSA) is 75.5 Å². The summed E-state index contributed by atoms with van der Waals surface area (Å²) >= 11 is 1.53. The van der Waals surface area contributed by atoms with Crippen molar-refractivity contribution in [1.29, 1.82) is 0 Å². The quantitative estimate of drug-likeness (QED) is 0.724. The Morgan fingerprint density at radius 1 is 1.26 bits per heavy atom. The van der Waals surface area contributed by atoms with E-state index in [1.165, 1.54) is 24.3 Å². The second-order valence-corrected chi connectivity index (χ2v) is 5.70. The summed E-state index contributed by atoms with van der Waals surface area (Å²) in [5.74, 6) is -0.413. The molecule has 2 aromatic heterocycles. The van der Waals surface area contributed by atoms with Crippen LogP contribution in [0.15, 0.2) is 48.1 Å². The molecule has 3 aromatic rings. The number of aromatic nitrogens is 2. The number of fused-ring (bicyclic) bond motifs is 1. The van der Waals surface area contributed by atoms with E-state index in [2.05, 4.69) is 15.6 Å². The highest BCUT2D eigenvalue weighted by Gasteiger charge is 2.03. The van der Waals surface area contributed by atoms with Crippen molar-refractivity contribution < 1.29 is 9.59 Å². The molecule has 0 bridgehead atoms. The van der Waals surface area contributed by atoms with Gasteiger partial charge in [0.1, 0.15) is 0 Å². The van der Waals surface area contributed by atoms with Crippen molar-refractivity contribution in [2.24, 2.45) is 0 Å². The monoisotopic (exact) mass is 326 g/mol. The second-order valence-electron chi connectivity index (χ2n) is 4.82. The fourth-order valence-corrected chi connectivity index (χ4v) is 2.79. The SMILES string of the molecule is CC(=O)Nc1cccc(NC(=O)/C=C/c2cnc3sccn23)c1. The van der Waals surface area contributed by atoms with Crippen molar-refractivity contribution in [2.45, 2.75) is 6.92 Å². The lowest BCUT2D eigenvalue weighted by Gasteiger charge is -2.06. The zero-order chi connectivity index (χ0) is 16.2. The van der Waals surface area contributed by atoms with Crippen LogP contribution in [0.5, 0.6) is 0 Å². The molecule has 0 radical (unpaired) electrons. The van der Waals surface area contributed by atoms with Crippen LogP contribution in [0.1, 0.15) is 12.6 Å². The third-order valence-corrected chi connectivity index (χ3v) is 3.80. The van der Waals surface area contributed by atoms with Crippen LogP contribution in [0, 0.1) is 0 Å². The molecule has 7 heteroatoms. The van der Waals surface area contributed by atoms with E-state index in [0.717, 1.165) is 10.7 Å². The molecule has 0 aliphatic heterocycles. The average molecular weight is 326 g/mol. The summed E-state index contributed by atoms with van der Waals surface area (Å²) in [5, 5.41) is 7.36. The number of hydrogen-bond acceptors (Lipinski definition) is 4. The first-order chi connectivity index (χ1) is 11.1. The first-order valence-electron chi connectivity index (χ1n) is 6.89. The third kappa shape index (κ3) is 3.64. The van der Waals surface area contributed by atoms with E-state index in [4.69, 9.17) is 0 Å². The molecule has 6 nitrogen and oxygen atoms in total. The molecule has 2 heterocycles. The molecule has 0 unspecified atom stereocenters. The molecule has 23 heavy (non-hydrogen) atoms. The van der Waals surface area contributed by atoms with E-state index >= 15 is 0 Å². The van der Waals surface area contributed by atoms with Crippen molar-refractivity contribution in [1.82, 2.24) is 9.38 Å². The fourth-order valence-electron chi connectivity index (χ4n) is 2.09. The van der Waals surface area contributed by atoms with Crippen molar-refractivity contribution in [2.75, 3.05) is 10.6 Å². The number of amides is 2. The lowest BCUT2D eigenvalue weighted by molar-refractivity contribution is -0.114. The number of carbonyl (C=O) groups excluding carboxylic acids is 2. The van der Waals surface area contributed by atoms with Crippen molar-refractivity contribution >= 4 is 45.6 Å². The van der Waals surface area contributed by atoms with Crippen LogP contribution in [-0.4, -0.2) is 21.2 Å². The zero-order valence-corrected chi connectivity index (χ0v) is 13.1. The standard InChI is InChI=1S/C16H14N4O2S/c1-11(21)18-12-3-2-4-13(9-12)19-15(22)6-5-14-10-17-16-20(14)7-8-23-16/h2-10H,1H3,(H,18,21)(H,19,22)/b6-5+. The van der Waals surface area contributed by atoms with Gasteiger partial charge in [-0.05, 0) is 24.3 Å². The van der Waals surface area contributed by atoms with Gasteiger partial charge in [0.2, 0.25) is 11.8 Å². The molecule has 0 aliphatic rings. The molecule has 0 saturated carbocycles. The van der Waals surface area contributed by atoms with Gasteiger partial charge in [0, 0.05) is 36.0 Å². The number of hydrogen-bond donors (Lipinski definition) is 2. The van der Waals surface area contributed by atoms with Gasteiger partial charge in [-0.2, -0.15) is 0 Å². The van der Waals surface area contributed by atoms with Crippen molar-refractivity contribution in [3.63, 3.8) is 0 Å². The Bertz CT molecular complexity index is 894. The van der Waals surface area contributed by atoms with Crippen LogP contribution in [0.3, 0.4) is 0 Å². The van der Waals surface area contributed by atoms with E-state index < -0.39 is 0 Å². The summed E-state index contributed by atoms with van der Waals surface area (Å²) in [4.78, 5) is 28.2. The van der Waals surface area contributed by atoms with Crippen LogP contribution in [0.25, 0.3) is 11.0 Å². The average Bonchev–Trinajstić information content (AvgIpc) is 3.08. The Morgan fingerprint density at radius 2 is 2.04 bits per heavy atom. The Morgan fingerprint density at radius 3 is 2.83 bits per heavy atom. The molecular weight excluding hydrogens is 312 g/mol. The number of benzene rings is 1. The van der Waals surface area contributed by atoms with Crippen LogP contribution in [-0.2, 0) is 9.59 Å². The third-order valence-electron chi connectivity index (χ3n) is 3.03. The minimum atomic E-state index is -0.254. The molecule has 116 valence electrons. The molecule has 0 spiro atoms. The lowest BCUT2D eigenvalue weighted by Crippen LogP contribution is -2.09. The summed E-state index contributed by atoms with van der Waals surface area (Å²) in [7, 11) is 0. The minimum absolute atomic E-state index is 0.158. The van der Waals surface area contributed by atoms with Gasteiger partial charge in [0.25, 0.3) is 0 Å². The van der Waals surface area contributed by atoms with E-state index in [9.17, 15) is 9.59 Å². The summed E-state index contributed by atoms with van der Waals surface area (Å²) in [6.45, 7) is 1.44. The number of nitrogens with zero attached hydrogens (tertiary/aromatic N) is 2. The maximum absolute atomic E-state index is 12.0. The molecule has 2 amide bonds. The smallest absolute Gasteiger partial charge is 0.248 e. The molecule has 0 fully saturated rings.